The van der Waals surface area contributed by atoms with Gasteiger partial charge >= 0.3 is 11.9 Å². The van der Waals surface area contributed by atoms with Crippen molar-refractivity contribution in [2.24, 2.45) is 0 Å². The molecule has 0 spiro atoms. The SMILES string of the molecule is COC(=O)c1cc2c(OC(C)=O)c(OC)ccc2n1Cc1ccc(Cl)c(Cl)c1. The summed E-state index contributed by atoms with van der Waals surface area (Å²) in [5.41, 5.74) is 1.80. The number of nitrogens with zero attached hydrogens (tertiary/aromatic N) is 1. The zero-order valence-electron chi connectivity index (χ0n) is 15.4. The first-order chi connectivity index (χ1) is 13.3. The summed E-state index contributed by atoms with van der Waals surface area (Å²) in [6.07, 6.45) is 0. The normalized spacial score (nSPS) is 10.8. The molecule has 6 nitrogen and oxygen atoms in total. The minimum absolute atomic E-state index is 0.241. The molecule has 0 saturated heterocycles. The highest BCUT2D eigenvalue weighted by Gasteiger charge is 2.22. The fourth-order valence-corrected chi connectivity index (χ4v) is 3.28. The Labute approximate surface area is 171 Å². The molecule has 0 saturated carbocycles. The molecule has 0 amide bonds. The van der Waals surface area contributed by atoms with Gasteiger partial charge < -0.3 is 18.8 Å². The molecule has 2 aromatic carbocycles. The van der Waals surface area contributed by atoms with E-state index in [9.17, 15) is 9.59 Å². The van der Waals surface area contributed by atoms with Gasteiger partial charge in [0.25, 0.3) is 0 Å². The Kier molecular flexibility index (Phi) is 5.82. The predicted molar refractivity (Wildman–Crippen MR) is 107 cm³/mol. The Morgan fingerprint density at radius 1 is 1.04 bits per heavy atom. The van der Waals surface area contributed by atoms with Crippen LogP contribution in [0, 0.1) is 0 Å². The van der Waals surface area contributed by atoms with Gasteiger partial charge in [-0.15, -0.1) is 0 Å². The Balaban J connectivity index is 2.22. The Morgan fingerprint density at radius 3 is 2.39 bits per heavy atom. The molecule has 0 bridgehead atoms. The van der Waals surface area contributed by atoms with Crippen molar-refractivity contribution in [3.63, 3.8) is 0 Å². The average molecular weight is 422 g/mol. The minimum atomic E-state index is -0.524. The van der Waals surface area contributed by atoms with Crippen LogP contribution in [0.25, 0.3) is 10.9 Å². The number of aromatic nitrogens is 1. The second-order valence-corrected chi connectivity index (χ2v) is 6.79. The van der Waals surface area contributed by atoms with E-state index in [2.05, 4.69) is 0 Å². The first-order valence-electron chi connectivity index (χ1n) is 8.26. The van der Waals surface area contributed by atoms with Crippen molar-refractivity contribution in [1.82, 2.24) is 4.57 Å². The number of hydrogen-bond donors (Lipinski definition) is 0. The van der Waals surface area contributed by atoms with E-state index >= 15 is 0 Å². The van der Waals surface area contributed by atoms with Crippen LogP contribution in [0.4, 0.5) is 0 Å². The molecular weight excluding hydrogens is 405 g/mol. The van der Waals surface area contributed by atoms with Gasteiger partial charge in [0.05, 0.1) is 29.8 Å². The second kappa shape index (κ2) is 8.12. The van der Waals surface area contributed by atoms with Gasteiger partial charge in [-0.05, 0) is 35.9 Å². The highest BCUT2D eigenvalue weighted by molar-refractivity contribution is 6.42. The summed E-state index contributed by atoms with van der Waals surface area (Å²) >= 11 is 12.1. The Morgan fingerprint density at radius 2 is 1.79 bits per heavy atom. The molecule has 3 aromatic rings. The van der Waals surface area contributed by atoms with E-state index in [4.69, 9.17) is 37.4 Å². The van der Waals surface area contributed by atoms with Crippen molar-refractivity contribution in [2.45, 2.75) is 13.5 Å². The maximum absolute atomic E-state index is 12.4. The molecule has 28 heavy (non-hydrogen) atoms. The van der Waals surface area contributed by atoms with Crippen molar-refractivity contribution in [3.8, 4) is 11.5 Å². The third-order valence-electron chi connectivity index (χ3n) is 4.18. The lowest BCUT2D eigenvalue weighted by Crippen LogP contribution is -2.11. The number of rotatable bonds is 5. The number of fused-ring (bicyclic) bond motifs is 1. The summed E-state index contributed by atoms with van der Waals surface area (Å²) in [6.45, 7) is 1.63. The summed E-state index contributed by atoms with van der Waals surface area (Å²) in [6, 6.07) is 10.3. The van der Waals surface area contributed by atoms with Crippen LogP contribution in [0.2, 0.25) is 10.0 Å². The van der Waals surface area contributed by atoms with Crippen LogP contribution in [0.5, 0.6) is 11.5 Å². The van der Waals surface area contributed by atoms with E-state index < -0.39 is 11.9 Å². The monoisotopic (exact) mass is 421 g/mol. The van der Waals surface area contributed by atoms with Crippen molar-refractivity contribution in [3.05, 3.63) is 57.7 Å². The number of carbonyl (C=O) groups is 2. The molecule has 1 heterocycles. The fourth-order valence-electron chi connectivity index (χ4n) is 2.96. The van der Waals surface area contributed by atoms with E-state index in [0.717, 1.165) is 5.56 Å². The summed E-state index contributed by atoms with van der Waals surface area (Å²) in [5.74, 6) is -0.400. The van der Waals surface area contributed by atoms with Gasteiger partial charge in [-0.1, -0.05) is 29.3 Å². The smallest absolute Gasteiger partial charge is 0.354 e. The van der Waals surface area contributed by atoms with Gasteiger partial charge in [0, 0.05) is 18.9 Å². The molecule has 0 aliphatic heterocycles. The largest absolute Gasteiger partial charge is 0.493 e. The molecule has 0 aliphatic rings. The van der Waals surface area contributed by atoms with E-state index in [1.54, 1.807) is 34.9 Å². The predicted octanol–water partition coefficient (Wildman–Crippen LogP) is 4.72. The van der Waals surface area contributed by atoms with Crippen LogP contribution in [-0.2, 0) is 16.1 Å². The molecule has 0 aliphatic carbocycles. The summed E-state index contributed by atoms with van der Waals surface area (Å²) in [7, 11) is 2.78. The van der Waals surface area contributed by atoms with Gasteiger partial charge in [-0.3, -0.25) is 4.79 Å². The maximum atomic E-state index is 12.4. The molecule has 146 valence electrons. The van der Waals surface area contributed by atoms with Gasteiger partial charge in [-0.25, -0.2) is 4.79 Å². The lowest BCUT2D eigenvalue weighted by atomic mass is 10.2. The Bertz CT molecular complexity index is 1070. The quantitative estimate of drug-likeness (QED) is 0.440. The molecule has 0 fully saturated rings. The number of halogens is 2. The highest BCUT2D eigenvalue weighted by atomic mass is 35.5. The number of esters is 2. The molecular formula is C20H17Cl2NO5. The molecule has 0 N–H and O–H groups in total. The van der Waals surface area contributed by atoms with E-state index in [0.29, 0.717) is 38.9 Å². The molecule has 0 unspecified atom stereocenters. The number of benzene rings is 2. The second-order valence-electron chi connectivity index (χ2n) is 5.98. The van der Waals surface area contributed by atoms with Crippen molar-refractivity contribution >= 4 is 46.0 Å². The Hall–Kier alpha value is -2.70. The van der Waals surface area contributed by atoms with E-state index in [1.807, 2.05) is 6.07 Å². The zero-order chi connectivity index (χ0) is 20.4. The van der Waals surface area contributed by atoms with E-state index in [-0.39, 0.29) is 5.75 Å². The molecule has 0 radical (unpaired) electrons. The van der Waals surface area contributed by atoms with Gasteiger partial charge in [-0.2, -0.15) is 0 Å². The van der Waals surface area contributed by atoms with Gasteiger partial charge in [0.15, 0.2) is 11.5 Å². The topological polar surface area (TPSA) is 66.8 Å². The number of carbonyl (C=O) groups excluding carboxylic acids is 2. The number of ether oxygens (including phenoxy) is 3. The fraction of sp³-hybridized carbons (Fsp3) is 0.200. The van der Waals surface area contributed by atoms with Crippen LogP contribution < -0.4 is 9.47 Å². The van der Waals surface area contributed by atoms with Crippen molar-refractivity contribution < 1.29 is 23.8 Å². The molecule has 0 atom stereocenters. The van der Waals surface area contributed by atoms with Gasteiger partial charge in [0.2, 0.25) is 0 Å². The first-order valence-corrected chi connectivity index (χ1v) is 9.02. The first kappa shape index (κ1) is 20.0. The third-order valence-corrected chi connectivity index (χ3v) is 4.92. The standard InChI is InChI=1S/C20H17Cl2NO5/c1-11(24)28-19-13-9-17(20(25)27-3)23(16(13)6-7-18(19)26-2)10-12-4-5-14(21)15(22)8-12/h4-9H,10H2,1-3H3. The van der Waals surface area contributed by atoms with Crippen LogP contribution in [0.15, 0.2) is 36.4 Å². The third kappa shape index (κ3) is 3.79. The summed E-state index contributed by atoms with van der Waals surface area (Å²) in [5, 5.41) is 1.41. The highest BCUT2D eigenvalue weighted by Crippen LogP contribution is 2.38. The van der Waals surface area contributed by atoms with Crippen LogP contribution in [0.3, 0.4) is 0 Å². The molecule has 3 rings (SSSR count). The lowest BCUT2D eigenvalue weighted by Gasteiger charge is -2.12. The lowest BCUT2D eigenvalue weighted by molar-refractivity contribution is -0.131. The van der Waals surface area contributed by atoms with Crippen LogP contribution >= 0.6 is 23.2 Å². The van der Waals surface area contributed by atoms with Crippen LogP contribution in [0.1, 0.15) is 23.0 Å². The maximum Gasteiger partial charge on any atom is 0.354 e. The number of hydrogen-bond acceptors (Lipinski definition) is 5. The van der Waals surface area contributed by atoms with Crippen LogP contribution in [-0.4, -0.2) is 30.7 Å². The average Bonchev–Trinajstić information content (AvgIpc) is 3.03. The summed E-state index contributed by atoms with van der Waals surface area (Å²) < 4.78 is 17.3. The minimum Gasteiger partial charge on any atom is -0.493 e. The van der Waals surface area contributed by atoms with E-state index in [1.165, 1.54) is 21.1 Å². The zero-order valence-corrected chi connectivity index (χ0v) is 16.9. The van der Waals surface area contributed by atoms with Gasteiger partial charge in [0.1, 0.15) is 5.69 Å². The van der Waals surface area contributed by atoms with Crippen molar-refractivity contribution in [2.75, 3.05) is 14.2 Å². The number of methoxy groups -OCH3 is 2. The summed E-state index contributed by atoms with van der Waals surface area (Å²) in [4.78, 5) is 23.9. The molecule has 1 aromatic heterocycles. The molecule has 8 heteroatoms. The van der Waals surface area contributed by atoms with Crippen molar-refractivity contribution in [1.29, 1.82) is 0 Å².